The van der Waals surface area contributed by atoms with Gasteiger partial charge in [0.15, 0.2) is 0 Å². The highest BCUT2D eigenvalue weighted by molar-refractivity contribution is 7.90. The number of alkyl halides is 1. The van der Waals surface area contributed by atoms with Gasteiger partial charge in [0.1, 0.15) is 5.21 Å². The predicted molar refractivity (Wildman–Crippen MR) is 75.7 cm³/mol. The molecule has 1 fully saturated rings. The molecule has 0 aliphatic carbocycles. The van der Waals surface area contributed by atoms with E-state index in [1.54, 1.807) is 12.3 Å². The lowest BCUT2D eigenvalue weighted by molar-refractivity contribution is 0.180. The van der Waals surface area contributed by atoms with Gasteiger partial charge in [0.25, 0.3) is 0 Å². The monoisotopic (exact) mass is 323 g/mol. The SMILES string of the molecule is O=S(=O)(CCl)N1CCN(Cc2ccc(Cl)cn2)CC1. The molecule has 1 aromatic heterocycles. The van der Waals surface area contributed by atoms with E-state index in [0.717, 1.165) is 5.69 Å². The smallest absolute Gasteiger partial charge is 0.228 e. The summed E-state index contributed by atoms with van der Waals surface area (Å²) < 4.78 is 24.6. The van der Waals surface area contributed by atoms with Gasteiger partial charge in [0.05, 0.1) is 10.7 Å². The second-order valence-electron chi connectivity index (χ2n) is 4.36. The first-order chi connectivity index (χ1) is 9.01. The summed E-state index contributed by atoms with van der Waals surface area (Å²) in [6.45, 7) is 3.01. The minimum Gasteiger partial charge on any atom is -0.295 e. The molecule has 106 valence electrons. The van der Waals surface area contributed by atoms with Crippen molar-refractivity contribution >= 4 is 33.2 Å². The van der Waals surface area contributed by atoms with E-state index in [1.165, 1.54) is 4.31 Å². The Balaban J connectivity index is 1.89. The number of piperazine rings is 1. The van der Waals surface area contributed by atoms with Gasteiger partial charge >= 0.3 is 0 Å². The van der Waals surface area contributed by atoms with E-state index in [4.69, 9.17) is 23.2 Å². The fourth-order valence-electron chi connectivity index (χ4n) is 1.96. The van der Waals surface area contributed by atoms with Crippen molar-refractivity contribution in [1.82, 2.24) is 14.2 Å². The van der Waals surface area contributed by atoms with Crippen LogP contribution in [0.3, 0.4) is 0 Å². The highest BCUT2D eigenvalue weighted by atomic mass is 35.5. The molecule has 19 heavy (non-hydrogen) atoms. The molecule has 2 rings (SSSR count). The zero-order valence-electron chi connectivity index (χ0n) is 10.3. The summed E-state index contributed by atoms with van der Waals surface area (Å²) in [5.74, 6) is 0. The van der Waals surface area contributed by atoms with Gasteiger partial charge in [-0.2, -0.15) is 4.31 Å². The Bertz CT molecular complexity index is 513. The molecular formula is C11H15Cl2N3O2S. The highest BCUT2D eigenvalue weighted by Crippen LogP contribution is 2.12. The van der Waals surface area contributed by atoms with Crippen molar-refractivity contribution in [2.45, 2.75) is 6.54 Å². The van der Waals surface area contributed by atoms with Crippen molar-refractivity contribution in [3.8, 4) is 0 Å². The van der Waals surface area contributed by atoms with E-state index in [9.17, 15) is 8.42 Å². The van der Waals surface area contributed by atoms with Gasteiger partial charge in [-0.05, 0) is 12.1 Å². The second-order valence-corrected chi connectivity index (χ2v) is 7.35. The number of rotatable bonds is 4. The summed E-state index contributed by atoms with van der Waals surface area (Å²) in [4.78, 5) is 6.39. The number of hydrogen-bond acceptors (Lipinski definition) is 4. The molecule has 1 aliphatic heterocycles. The molecule has 5 nitrogen and oxygen atoms in total. The summed E-state index contributed by atoms with van der Waals surface area (Å²) in [6.07, 6.45) is 1.62. The zero-order valence-corrected chi connectivity index (χ0v) is 12.6. The third kappa shape index (κ3) is 4.03. The average molecular weight is 324 g/mol. The van der Waals surface area contributed by atoms with Crippen molar-refractivity contribution < 1.29 is 8.42 Å². The van der Waals surface area contributed by atoms with Crippen LogP contribution in [0.25, 0.3) is 0 Å². The van der Waals surface area contributed by atoms with Gasteiger partial charge in [0, 0.05) is 38.9 Å². The summed E-state index contributed by atoms with van der Waals surface area (Å²) in [5.41, 5.74) is 0.929. The van der Waals surface area contributed by atoms with E-state index < -0.39 is 10.0 Å². The summed E-state index contributed by atoms with van der Waals surface area (Å²) in [5, 5.41) is 0.257. The van der Waals surface area contributed by atoms with Crippen LogP contribution in [0.1, 0.15) is 5.69 Å². The minimum atomic E-state index is -3.28. The molecule has 0 atom stereocenters. The van der Waals surface area contributed by atoms with E-state index in [2.05, 4.69) is 9.88 Å². The number of sulfonamides is 1. The van der Waals surface area contributed by atoms with Gasteiger partial charge in [-0.15, -0.1) is 11.6 Å². The number of nitrogens with zero attached hydrogens (tertiary/aromatic N) is 3. The number of pyridine rings is 1. The Labute approximate surface area is 123 Å². The second kappa shape index (κ2) is 6.37. The maximum absolute atomic E-state index is 11.6. The lowest BCUT2D eigenvalue weighted by Crippen LogP contribution is -2.48. The van der Waals surface area contributed by atoms with Crippen LogP contribution < -0.4 is 0 Å². The van der Waals surface area contributed by atoms with Crippen LogP contribution >= 0.6 is 23.2 Å². The molecule has 1 saturated heterocycles. The molecule has 0 amide bonds. The van der Waals surface area contributed by atoms with Crippen molar-refractivity contribution in [1.29, 1.82) is 0 Å². The zero-order chi connectivity index (χ0) is 13.9. The Hall–Kier alpha value is -0.400. The van der Waals surface area contributed by atoms with Crippen molar-refractivity contribution in [2.75, 3.05) is 31.4 Å². The summed E-state index contributed by atoms with van der Waals surface area (Å²) in [6, 6.07) is 3.68. The van der Waals surface area contributed by atoms with Gasteiger partial charge in [0.2, 0.25) is 10.0 Å². The predicted octanol–water partition coefficient (Wildman–Crippen LogP) is 1.38. The highest BCUT2D eigenvalue weighted by Gasteiger charge is 2.25. The molecular weight excluding hydrogens is 309 g/mol. The first-order valence-electron chi connectivity index (χ1n) is 5.88. The van der Waals surface area contributed by atoms with E-state index in [1.807, 2.05) is 6.07 Å². The molecule has 0 bridgehead atoms. The third-order valence-corrected chi connectivity index (χ3v) is 5.52. The molecule has 0 saturated carbocycles. The van der Waals surface area contributed by atoms with Crippen LogP contribution in [-0.4, -0.2) is 54.0 Å². The van der Waals surface area contributed by atoms with Crippen molar-refractivity contribution in [3.63, 3.8) is 0 Å². The topological polar surface area (TPSA) is 53.5 Å². The molecule has 0 unspecified atom stereocenters. The quantitative estimate of drug-likeness (QED) is 0.785. The standard InChI is InChI=1S/C11H15Cl2N3O2S/c12-9-19(17,18)16-5-3-15(4-6-16)8-11-2-1-10(13)7-14-11/h1-2,7H,3-6,8-9H2. The Kier molecular flexibility index (Phi) is 5.03. The summed E-state index contributed by atoms with van der Waals surface area (Å²) >= 11 is 11.2. The maximum atomic E-state index is 11.6. The van der Waals surface area contributed by atoms with Gasteiger partial charge in [-0.3, -0.25) is 9.88 Å². The molecule has 0 N–H and O–H groups in total. The third-order valence-electron chi connectivity index (χ3n) is 3.04. The fourth-order valence-corrected chi connectivity index (χ4v) is 3.35. The minimum absolute atomic E-state index is 0.355. The Morgan fingerprint density at radius 2 is 1.89 bits per heavy atom. The average Bonchev–Trinajstić information content (AvgIpc) is 2.42. The molecule has 2 heterocycles. The van der Waals surface area contributed by atoms with Crippen molar-refractivity contribution in [3.05, 3.63) is 29.0 Å². The molecule has 1 aromatic rings. The maximum Gasteiger partial charge on any atom is 0.228 e. The Morgan fingerprint density at radius 1 is 1.21 bits per heavy atom. The van der Waals surface area contributed by atoms with Crippen LogP contribution in [0.2, 0.25) is 5.02 Å². The first-order valence-corrected chi connectivity index (χ1v) is 8.40. The Morgan fingerprint density at radius 3 is 2.42 bits per heavy atom. The first kappa shape index (κ1) is 15.0. The molecule has 8 heteroatoms. The van der Waals surface area contributed by atoms with Crippen molar-refractivity contribution in [2.24, 2.45) is 0 Å². The van der Waals surface area contributed by atoms with E-state index >= 15 is 0 Å². The molecule has 0 spiro atoms. The van der Waals surface area contributed by atoms with Gasteiger partial charge in [-0.25, -0.2) is 8.42 Å². The molecule has 0 radical (unpaired) electrons. The van der Waals surface area contributed by atoms with Crippen LogP contribution in [0.5, 0.6) is 0 Å². The van der Waals surface area contributed by atoms with Crippen LogP contribution in [0.15, 0.2) is 18.3 Å². The molecule has 0 aromatic carbocycles. The van der Waals surface area contributed by atoms with E-state index in [-0.39, 0.29) is 5.21 Å². The van der Waals surface area contributed by atoms with Crippen LogP contribution in [-0.2, 0) is 16.6 Å². The van der Waals surface area contributed by atoms with Gasteiger partial charge in [-0.1, -0.05) is 11.6 Å². The van der Waals surface area contributed by atoms with E-state index in [0.29, 0.717) is 37.7 Å². The number of hydrogen-bond donors (Lipinski definition) is 0. The lowest BCUT2D eigenvalue weighted by atomic mass is 10.3. The summed E-state index contributed by atoms with van der Waals surface area (Å²) in [7, 11) is -3.28. The van der Waals surface area contributed by atoms with Crippen LogP contribution in [0.4, 0.5) is 0 Å². The van der Waals surface area contributed by atoms with Crippen LogP contribution in [0, 0.1) is 0 Å². The largest absolute Gasteiger partial charge is 0.295 e. The number of halogens is 2. The normalized spacial score (nSPS) is 18.6. The fraction of sp³-hybridized carbons (Fsp3) is 0.545. The number of aromatic nitrogens is 1. The molecule has 1 aliphatic rings. The van der Waals surface area contributed by atoms with Gasteiger partial charge < -0.3 is 0 Å². The lowest BCUT2D eigenvalue weighted by Gasteiger charge is -2.33.